The summed E-state index contributed by atoms with van der Waals surface area (Å²) in [5.41, 5.74) is 0.441. The van der Waals surface area contributed by atoms with E-state index in [0.717, 1.165) is 32.1 Å². The number of benzene rings is 1. The van der Waals surface area contributed by atoms with Gasteiger partial charge in [-0.15, -0.1) is 11.8 Å². The number of hydrogen-bond acceptors (Lipinski definition) is 5. The van der Waals surface area contributed by atoms with E-state index in [1.807, 2.05) is 6.92 Å². The molecule has 158 valence electrons. The fourth-order valence-corrected chi connectivity index (χ4v) is 7.40. The predicted molar refractivity (Wildman–Crippen MR) is 113 cm³/mol. The molecule has 2 amide bonds. The molecule has 1 aromatic rings. The molecule has 0 radical (unpaired) electrons. The molecule has 29 heavy (non-hydrogen) atoms. The zero-order valence-electron chi connectivity index (χ0n) is 16.6. The summed E-state index contributed by atoms with van der Waals surface area (Å²) in [7, 11) is -3.58. The molecule has 4 rings (SSSR count). The van der Waals surface area contributed by atoms with Crippen molar-refractivity contribution in [2.75, 3.05) is 24.2 Å². The number of carbonyl (C=O) groups excluding carboxylic acids is 2. The monoisotopic (exact) mass is 437 g/mol. The van der Waals surface area contributed by atoms with Crippen molar-refractivity contribution in [3.8, 4) is 0 Å². The minimum absolute atomic E-state index is 0.00939. The molecule has 1 N–H and O–H groups in total. The summed E-state index contributed by atoms with van der Waals surface area (Å²) in [6.07, 6.45) is 5.07. The van der Waals surface area contributed by atoms with Crippen molar-refractivity contribution >= 4 is 39.3 Å². The normalized spacial score (nSPS) is 28.2. The Balaban J connectivity index is 1.50. The standard InChI is InChI=1S/C20H27N3O4S2/c1-20-10-9-18(24)23(20)17(14-28-20)19(25)21-15-7-6-8-16(13-15)29(26,27)22-11-4-2-3-5-12-22/h6-8,13,17H,2-5,9-12,14H2,1H3,(H,21,25)/t17-,20+/m0/s1. The summed E-state index contributed by atoms with van der Waals surface area (Å²) in [6.45, 7) is 3.08. The van der Waals surface area contributed by atoms with Crippen LogP contribution in [0.1, 0.15) is 45.4 Å². The van der Waals surface area contributed by atoms with Gasteiger partial charge in [-0.3, -0.25) is 9.59 Å². The molecular formula is C20H27N3O4S2. The number of anilines is 1. The second-order valence-corrected chi connectivity index (χ2v) is 11.5. The zero-order chi connectivity index (χ0) is 20.6. The SMILES string of the molecule is C[C@@]12CCC(=O)N1[C@H](C(=O)Nc1cccc(S(=O)(=O)N3CCCCCC3)c1)CS2. The molecule has 9 heteroatoms. The molecular weight excluding hydrogens is 410 g/mol. The average Bonchev–Trinajstić information content (AvgIpc) is 3.03. The quantitative estimate of drug-likeness (QED) is 0.783. The molecule has 3 saturated heterocycles. The lowest BCUT2D eigenvalue weighted by Crippen LogP contribution is -2.48. The third-order valence-corrected chi connectivity index (χ3v) is 9.45. The fourth-order valence-electron chi connectivity index (χ4n) is 4.41. The molecule has 7 nitrogen and oxygen atoms in total. The van der Waals surface area contributed by atoms with E-state index in [2.05, 4.69) is 5.32 Å². The lowest BCUT2D eigenvalue weighted by atomic mass is 10.2. The van der Waals surface area contributed by atoms with Crippen LogP contribution in [0.4, 0.5) is 5.69 Å². The van der Waals surface area contributed by atoms with Crippen molar-refractivity contribution in [3.05, 3.63) is 24.3 Å². The minimum atomic E-state index is -3.58. The summed E-state index contributed by atoms with van der Waals surface area (Å²) < 4.78 is 27.6. The van der Waals surface area contributed by atoms with Gasteiger partial charge in [-0.1, -0.05) is 18.9 Å². The summed E-state index contributed by atoms with van der Waals surface area (Å²) >= 11 is 1.64. The number of sulfonamides is 1. The van der Waals surface area contributed by atoms with Gasteiger partial charge in [0.2, 0.25) is 21.8 Å². The molecule has 0 saturated carbocycles. The summed E-state index contributed by atoms with van der Waals surface area (Å²) in [4.78, 5) is 26.7. The Bertz CT molecular complexity index is 912. The summed E-state index contributed by atoms with van der Waals surface area (Å²) in [5.74, 6) is 0.302. The number of nitrogens with zero attached hydrogens (tertiary/aromatic N) is 2. The van der Waals surface area contributed by atoms with Crippen LogP contribution in [0, 0.1) is 0 Å². The Morgan fingerprint density at radius 3 is 2.66 bits per heavy atom. The van der Waals surface area contributed by atoms with Crippen molar-refractivity contribution in [3.63, 3.8) is 0 Å². The highest BCUT2D eigenvalue weighted by atomic mass is 32.2. The highest BCUT2D eigenvalue weighted by molar-refractivity contribution is 8.01. The summed E-state index contributed by atoms with van der Waals surface area (Å²) in [6, 6.07) is 5.90. The van der Waals surface area contributed by atoms with E-state index >= 15 is 0 Å². The number of thioether (sulfide) groups is 1. The van der Waals surface area contributed by atoms with Crippen molar-refractivity contribution in [2.24, 2.45) is 0 Å². The largest absolute Gasteiger partial charge is 0.324 e. The van der Waals surface area contributed by atoms with Gasteiger partial charge in [0.25, 0.3) is 0 Å². The smallest absolute Gasteiger partial charge is 0.248 e. The first-order valence-electron chi connectivity index (χ1n) is 10.2. The highest BCUT2D eigenvalue weighted by Crippen LogP contribution is 2.47. The van der Waals surface area contributed by atoms with Crippen LogP contribution in [0.25, 0.3) is 0 Å². The van der Waals surface area contributed by atoms with Crippen LogP contribution in [0.2, 0.25) is 0 Å². The molecule has 3 fully saturated rings. The number of rotatable bonds is 4. The van der Waals surface area contributed by atoms with Crippen molar-refractivity contribution in [1.29, 1.82) is 0 Å². The topological polar surface area (TPSA) is 86.8 Å². The van der Waals surface area contributed by atoms with Crippen LogP contribution in [0.15, 0.2) is 29.2 Å². The maximum atomic E-state index is 13.0. The lowest BCUT2D eigenvalue weighted by molar-refractivity contribution is -0.135. The fraction of sp³-hybridized carbons (Fsp3) is 0.600. The Morgan fingerprint density at radius 2 is 1.93 bits per heavy atom. The van der Waals surface area contributed by atoms with Gasteiger partial charge in [0.1, 0.15) is 6.04 Å². The van der Waals surface area contributed by atoms with Gasteiger partial charge in [-0.25, -0.2) is 8.42 Å². The Hall–Kier alpha value is -1.58. The molecule has 0 spiro atoms. The zero-order valence-corrected chi connectivity index (χ0v) is 18.2. The van der Waals surface area contributed by atoms with Crippen LogP contribution < -0.4 is 5.32 Å². The number of amides is 2. The first kappa shape index (κ1) is 20.7. The van der Waals surface area contributed by atoms with E-state index in [9.17, 15) is 18.0 Å². The number of fused-ring (bicyclic) bond motifs is 1. The molecule has 2 atom stereocenters. The number of carbonyl (C=O) groups is 2. The van der Waals surface area contributed by atoms with E-state index in [1.165, 1.54) is 6.07 Å². The van der Waals surface area contributed by atoms with Gasteiger partial charge in [0.05, 0.1) is 9.77 Å². The van der Waals surface area contributed by atoms with Crippen LogP contribution >= 0.6 is 11.8 Å². The average molecular weight is 438 g/mol. The maximum absolute atomic E-state index is 13.0. The van der Waals surface area contributed by atoms with Gasteiger partial charge >= 0.3 is 0 Å². The molecule has 0 unspecified atom stereocenters. The van der Waals surface area contributed by atoms with Crippen LogP contribution in [0.5, 0.6) is 0 Å². The Labute approximate surface area is 176 Å². The van der Waals surface area contributed by atoms with Crippen LogP contribution in [-0.4, -0.2) is 59.2 Å². The van der Waals surface area contributed by atoms with Gasteiger partial charge < -0.3 is 10.2 Å². The number of nitrogens with one attached hydrogen (secondary N) is 1. The molecule has 0 aliphatic carbocycles. The third-order valence-electron chi connectivity index (χ3n) is 6.05. The van der Waals surface area contributed by atoms with Crippen molar-refractivity contribution in [1.82, 2.24) is 9.21 Å². The van der Waals surface area contributed by atoms with Crippen LogP contribution in [-0.2, 0) is 19.6 Å². The van der Waals surface area contributed by atoms with E-state index in [-0.39, 0.29) is 21.6 Å². The molecule has 1 aromatic carbocycles. The van der Waals surface area contributed by atoms with E-state index in [4.69, 9.17) is 0 Å². The second-order valence-electron chi connectivity index (χ2n) is 8.10. The van der Waals surface area contributed by atoms with Gasteiger partial charge in [0, 0.05) is 31.0 Å². The first-order chi connectivity index (χ1) is 13.8. The lowest BCUT2D eigenvalue weighted by Gasteiger charge is -2.29. The second kappa shape index (κ2) is 7.92. The first-order valence-corrected chi connectivity index (χ1v) is 12.6. The van der Waals surface area contributed by atoms with Gasteiger partial charge in [-0.2, -0.15) is 4.31 Å². The Kier molecular flexibility index (Phi) is 5.65. The molecule has 0 bridgehead atoms. The highest BCUT2D eigenvalue weighted by Gasteiger charge is 2.52. The summed E-state index contributed by atoms with van der Waals surface area (Å²) in [5, 5.41) is 2.83. The molecule has 3 heterocycles. The predicted octanol–water partition coefficient (Wildman–Crippen LogP) is 2.64. The maximum Gasteiger partial charge on any atom is 0.248 e. The van der Waals surface area contributed by atoms with Gasteiger partial charge in [-0.05, 0) is 44.4 Å². The van der Waals surface area contributed by atoms with Gasteiger partial charge in [0.15, 0.2) is 0 Å². The molecule has 0 aromatic heterocycles. The Morgan fingerprint density at radius 1 is 1.21 bits per heavy atom. The molecule has 3 aliphatic rings. The van der Waals surface area contributed by atoms with E-state index in [0.29, 0.717) is 31.0 Å². The van der Waals surface area contributed by atoms with E-state index in [1.54, 1.807) is 39.2 Å². The van der Waals surface area contributed by atoms with Crippen molar-refractivity contribution in [2.45, 2.75) is 61.3 Å². The third kappa shape index (κ3) is 3.92. The minimum Gasteiger partial charge on any atom is -0.324 e. The van der Waals surface area contributed by atoms with Crippen molar-refractivity contribution < 1.29 is 18.0 Å². The van der Waals surface area contributed by atoms with Crippen LogP contribution in [0.3, 0.4) is 0 Å². The number of hydrogen-bond donors (Lipinski definition) is 1. The molecule has 3 aliphatic heterocycles. The van der Waals surface area contributed by atoms with E-state index < -0.39 is 16.1 Å².